The van der Waals surface area contributed by atoms with Gasteiger partial charge in [-0.1, -0.05) is 0 Å². The first-order valence-electron chi connectivity index (χ1n) is 6.86. The molecule has 1 amide bonds. The molecular weight excluding hydrogens is 313 g/mol. The van der Waals surface area contributed by atoms with E-state index in [1.54, 1.807) is 7.11 Å². The summed E-state index contributed by atoms with van der Waals surface area (Å²) in [6.07, 6.45) is 0.753. The van der Waals surface area contributed by atoms with Gasteiger partial charge >= 0.3 is 0 Å². The number of anilines is 1. The summed E-state index contributed by atoms with van der Waals surface area (Å²) in [5.74, 6) is -4.65. The van der Waals surface area contributed by atoms with Crippen LogP contribution in [0.25, 0.3) is 0 Å². The highest BCUT2D eigenvalue weighted by molar-refractivity contribution is 5.95. The van der Waals surface area contributed by atoms with Crippen LogP contribution < -0.4 is 16.0 Å². The average Bonchev–Trinajstić information content (AvgIpc) is 2.55. The Morgan fingerprint density at radius 3 is 2.61 bits per heavy atom. The van der Waals surface area contributed by atoms with E-state index in [1.165, 1.54) is 7.05 Å². The smallest absolute Gasteiger partial charge is 0.243 e. The second-order valence-corrected chi connectivity index (χ2v) is 4.47. The lowest BCUT2D eigenvalue weighted by Crippen LogP contribution is -2.41. The van der Waals surface area contributed by atoms with Gasteiger partial charge in [-0.3, -0.25) is 9.79 Å². The molecule has 0 aliphatic heterocycles. The fourth-order valence-corrected chi connectivity index (χ4v) is 1.62. The lowest BCUT2D eigenvalue weighted by Gasteiger charge is -2.12. The molecule has 1 aromatic carbocycles. The number of ether oxygens (including phenoxy) is 1. The molecule has 0 aliphatic rings. The van der Waals surface area contributed by atoms with Crippen molar-refractivity contribution in [3.63, 3.8) is 0 Å². The van der Waals surface area contributed by atoms with Gasteiger partial charge in [-0.25, -0.2) is 13.2 Å². The number of methoxy groups -OCH3 is 1. The topological polar surface area (TPSA) is 74.8 Å². The van der Waals surface area contributed by atoms with E-state index in [4.69, 9.17) is 4.74 Å². The SMILES string of the molecule is CN=C(NCCCOC)NCC(=O)Nc1ccc(F)c(F)c1F. The predicted molar refractivity (Wildman–Crippen MR) is 80.8 cm³/mol. The van der Waals surface area contributed by atoms with Crippen LogP contribution in [-0.4, -0.2) is 45.7 Å². The Balaban J connectivity index is 2.46. The zero-order chi connectivity index (χ0) is 17.2. The lowest BCUT2D eigenvalue weighted by molar-refractivity contribution is -0.115. The van der Waals surface area contributed by atoms with Crippen molar-refractivity contribution in [2.45, 2.75) is 6.42 Å². The molecule has 23 heavy (non-hydrogen) atoms. The molecule has 0 spiro atoms. The molecular formula is C14H19F3N4O2. The third kappa shape index (κ3) is 6.15. The average molecular weight is 332 g/mol. The Kier molecular flexibility index (Phi) is 7.89. The summed E-state index contributed by atoms with van der Waals surface area (Å²) in [6.45, 7) is 0.954. The standard InChI is InChI=1S/C14H19F3N4O2/c1-18-14(19-6-3-7-23-2)20-8-11(22)21-10-5-4-9(15)12(16)13(10)17/h4-5H,3,6-8H2,1-2H3,(H,21,22)(H2,18,19,20). The maximum atomic E-state index is 13.4. The van der Waals surface area contributed by atoms with Crippen molar-refractivity contribution >= 4 is 17.6 Å². The quantitative estimate of drug-likeness (QED) is 0.304. The minimum absolute atomic E-state index is 0.220. The Morgan fingerprint density at radius 2 is 1.96 bits per heavy atom. The van der Waals surface area contributed by atoms with Crippen LogP contribution in [0.5, 0.6) is 0 Å². The monoisotopic (exact) mass is 332 g/mol. The van der Waals surface area contributed by atoms with Crippen LogP contribution in [0.15, 0.2) is 17.1 Å². The first-order valence-corrected chi connectivity index (χ1v) is 6.86. The van der Waals surface area contributed by atoms with E-state index in [0.717, 1.165) is 18.6 Å². The molecule has 128 valence electrons. The van der Waals surface area contributed by atoms with Crippen LogP contribution >= 0.6 is 0 Å². The van der Waals surface area contributed by atoms with E-state index in [2.05, 4.69) is 20.9 Å². The first kappa shape index (κ1) is 18.8. The number of rotatable bonds is 7. The van der Waals surface area contributed by atoms with Gasteiger partial charge in [0.2, 0.25) is 5.91 Å². The number of hydrogen-bond donors (Lipinski definition) is 3. The van der Waals surface area contributed by atoms with Gasteiger partial charge in [-0.15, -0.1) is 0 Å². The summed E-state index contributed by atoms with van der Waals surface area (Å²) in [5, 5.41) is 7.80. The van der Waals surface area contributed by atoms with Gasteiger partial charge < -0.3 is 20.7 Å². The summed E-state index contributed by atoms with van der Waals surface area (Å²) in [7, 11) is 3.12. The largest absolute Gasteiger partial charge is 0.385 e. The van der Waals surface area contributed by atoms with Gasteiger partial charge in [-0.05, 0) is 18.6 Å². The van der Waals surface area contributed by atoms with Crippen LogP contribution in [0.2, 0.25) is 0 Å². The van der Waals surface area contributed by atoms with Crippen LogP contribution in [-0.2, 0) is 9.53 Å². The molecule has 9 heteroatoms. The highest BCUT2D eigenvalue weighted by Gasteiger charge is 2.15. The normalized spacial score (nSPS) is 11.3. The molecule has 0 aliphatic carbocycles. The molecule has 0 radical (unpaired) electrons. The lowest BCUT2D eigenvalue weighted by atomic mass is 10.2. The molecule has 6 nitrogen and oxygen atoms in total. The van der Waals surface area contributed by atoms with Crippen molar-refractivity contribution < 1.29 is 22.7 Å². The maximum Gasteiger partial charge on any atom is 0.243 e. The van der Waals surface area contributed by atoms with Crippen molar-refractivity contribution in [3.8, 4) is 0 Å². The van der Waals surface area contributed by atoms with Crippen molar-refractivity contribution in [1.82, 2.24) is 10.6 Å². The van der Waals surface area contributed by atoms with E-state index >= 15 is 0 Å². The summed E-state index contributed by atoms with van der Waals surface area (Å²) in [5.41, 5.74) is -0.432. The number of nitrogens with zero attached hydrogens (tertiary/aromatic N) is 1. The number of amides is 1. The zero-order valence-electron chi connectivity index (χ0n) is 12.9. The molecule has 0 bridgehead atoms. The van der Waals surface area contributed by atoms with Crippen LogP contribution in [0.1, 0.15) is 6.42 Å². The number of carbonyl (C=O) groups excluding carboxylic acids is 1. The number of nitrogens with one attached hydrogen (secondary N) is 3. The van der Waals surface area contributed by atoms with E-state index in [1.807, 2.05) is 0 Å². The van der Waals surface area contributed by atoms with Crippen LogP contribution in [0, 0.1) is 17.5 Å². The van der Waals surface area contributed by atoms with Gasteiger partial charge in [0.15, 0.2) is 23.4 Å². The Morgan fingerprint density at radius 1 is 1.22 bits per heavy atom. The van der Waals surface area contributed by atoms with Crippen molar-refractivity contribution in [1.29, 1.82) is 0 Å². The Labute approximate surface area is 132 Å². The molecule has 0 saturated heterocycles. The molecule has 0 fully saturated rings. The maximum absolute atomic E-state index is 13.4. The van der Waals surface area contributed by atoms with Gasteiger partial charge in [0.25, 0.3) is 0 Å². The highest BCUT2D eigenvalue weighted by Crippen LogP contribution is 2.19. The minimum Gasteiger partial charge on any atom is -0.385 e. The van der Waals surface area contributed by atoms with Crippen LogP contribution in [0.4, 0.5) is 18.9 Å². The summed E-state index contributed by atoms with van der Waals surface area (Å²) >= 11 is 0. The third-order valence-electron chi connectivity index (χ3n) is 2.77. The fraction of sp³-hybridized carbons (Fsp3) is 0.429. The minimum atomic E-state index is -1.63. The summed E-state index contributed by atoms with van der Waals surface area (Å²) in [6, 6.07) is 1.68. The van der Waals surface area contributed by atoms with Crippen molar-refractivity contribution in [3.05, 3.63) is 29.6 Å². The highest BCUT2D eigenvalue weighted by atomic mass is 19.2. The van der Waals surface area contributed by atoms with Gasteiger partial charge in [-0.2, -0.15) is 0 Å². The number of halogens is 3. The van der Waals surface area contributed by atoms with E-state index in [0.29, 0.717) is 19.1 Å². The predicted octanol–water partition coefficient (Wildman–Crippen LogP) is 1.24. The number of hydrogen-bond acceptors (Lipinski definition) is 3. The number of carbonyl (C=O) groups is 1. The second kappa shape index (κ2) is 9.67. The Bertz CT molecular complexity index is 567. The number of aliphatic imine (C=N–C) groups is 1. The molecule has 0 aromatic heterocycles. The molecule has 0 saturated carbocycles. The van der Waals surface area contributed by atoms with Crippen LogP contribution in [0.3, 0.4) is 0 Å². The van der Waals surface area contributed by atoms with E-state index < -0.39 is 29.0 Å². The van der Waals surface area contributed by atoms with E-state index in [9.17, 15) is 18.0 Å². The molecule has 0 unspecified atom stereocenters. The first-order chi connectivity index (χ1) is 11.0. The Hall–Kier alpha value is -2.29. The number of benzene rings is 1. The van der Waals surface area contributed by atoms with Crippen molar-refractivity contribution in [2.75, 3.05) is 39.2 Å². The molecule has 3 N–H and O–H groups in total. The second-order valence-electron chi connectivity index (χ2n) is 4.47. The van der Waals surface area contributed by atoms with Gasteiger partial charge in [0, 0.05) is 27.3 Å². The van der Waals surface area contributed by atoms with Crippen molar-refractivity contribution in [2.24, 2.45) is 4.99 Å². The summed E-state index contributed by atoms with van der Waals surface area (Å²) < 4.78 is 44.2. The third-order valence-corrected chi connectivity index (χ3v) is 2.77. The molecule has 1 aromatic rings. The molecule has 1 rings (SSSR count). The fourth-order valence-electron chi connectivity index (χ4n) is 1.62. The van der Waals surface area contributed by atoms with Gasteiger partial charge in [0.1, 0.15) is 0 Å². The molecule has 0 heterocycles. The van der Waals surface area contributed by atoms with E-state index in [-0.39, 0.29) is 6.54 Å². The number of guanidine groups is 1. The van der Waals surface area contributed by atoms with Gasteiger partial charge in [0.05, 0.1) is 12.2 Å². The molecule has 0 atom stereocenters. The summed E-state index contributed by atoms with van der Waals surface area (Å²) in [4.78, 5) is 15.6. The zero-order valence-corrected chi connectivity index (χ0v) is 12.9.